The standard InChI is InChI=1S/C16H25N3/c1-5-14(6-2)19(11-12(3)4)15-9-7-8-13(10-17)16(15)18/h7-9,12,14H,5-6,11,18H2,1-4H3. The van der Waals surface area contributed by atoms with E-state index in [2.05, 4.69) is 38.7 Å². The van der Waals surface area contributed by atoms with Gasteiger partial charge in [-0.3, -0.25) is 0 Å². The van der Waals surface area contributed by atoms with Crippen molar-refractivity contribution in [1.29, 1.82) is 5.26 Å². The van der Waals surface area contributed by atoms with Gasteiger partial charge in [0, 0.05) is 12.6 Å². The molecule has 0 aliphatic rings. The minimum atomic E-state index is 0.471. The number of para-hydroxylation sites is 1. The molecule has 2 N–H and O–H groups in total. The Balaban J connectivity index is 3.21. The maximum Gasteiger partial charge on any atom is 0.101 e. The molecule has 0 saturated carbocycles. The van der Waals surface area contributed by atoms with Crippen molar-refractivity contribution in [2.24, 2.45) is 5.92 Å². The van der Waals surface area contributed by atoms with E-state index in [1.54, 1.807) is 6.07 Å². The lowest BCUT2D eigenvalue weighted by molar-refractivity contribution is 0.508. The summed E-state index contributed by atoms with van der Waals surface area (Å²) in [4.78, 5) is 2.36. The predicted octanol–water partition coefficient (Wildman–Crippen LogP) is 3.79. The summed E-state index contributed by atoms with van der Waals surface area (Å²) in [6.45, 7) is 9.78. The van der Waals surface area contributed by atoms with Gasteiger partial charge in [0.15, 0.2) is 0 Å². The zero-order valence-corrected chi connectivity index (χ0v) is 12.5. The molecule has 0 aromatic heterocycles. The zero-order chi connectivity index (χ0) is 14.4. The number of anilines is 2. The van der Waals surface area contributed by atoms with Crippen LogP contribution in [0.1, 0.15) is 46.1 Å². The molecule has 0 heterocycles. The molecule has 1 rings (SSSR count). The first-order valence-electron chi connectivity index (χ1n) is 7.10. The van der Waals surface area contributed by atoms with Crippen LogP contribution in [0, 0.1) is 17.2 Å². The number of benzene rings is 1. The molecule has 19 heavy (non-hydrogen) atoms. The Morgan fingerprint density at radius 2 is 1.89 bits per heavy atom. The van der Waals surface area contributed by atoms with Gasteiger partial charge in [-0.05, 0) is 30.9 Å². The number of nitriles is 1. The molecule has 0 amide bonds. The van der Waals surface area contributed by atoms with Crippen molar-refractivity contribution in [2.45, 2.75) is 46.6 Å². The quantitative estimate of drug-likeness (QED) is 0.791. The molecule has 0 saturated heterocycles. The van der Waals surface area contributed by atoms with Crippen LogP contribution in [-0.2, 0) is 0 Å². The minimum Gasteiger partial charge on any atom is -0.396 e. The summed E-state index contributed by atoms with van der Waals surface area (Å²) in [5.74, 6) is 0.561. The first kappa shape index (κ1) is 15.4. The summed E-state index contributed by atoms with van der Waals surface area (Å²) in [7, 11) is 0. The average molecular weight is 259 g/mol. The predicted molar refractivity (Wildman–Crippen MR) is 82.1 cm³/mol. The van der Waals surface area contributed by atoms with Gasteiger partial charge in [0.25, 0.3) is 0 Å². The highest BCUT2D eigenvalue weighted by molar-refractivity contribution is 5.74. The maximum atomic E-state index is 9.11. The van der Waals surface area contributed by atoms with Crippen LogP contribution in [0.25, 0.3) is 0 Å². The van der Waals surface area contributed by atoms with E-state index in [0.717, 1.165) is 25.1 Å². The zero-order valence-electron chi connectivity index (χ0n) is 12.5. The van der Waals surface area contributed by atoms with Crippen LogP contribution in [0.2, 0.25) is 0 Å². The third-order valence-electron chi connectivity index (χ3n) is 3.46. The second-order valence-electron chi connectivity index (χ2n) is 5.37. The average Bonchev–Trinajstić information content (AvgIpc) is 2.39. The van der Waals surface area contributed by atoms with Crippen molar-refractivity contribution in [1.82, 2.24) is 0 Å². The van der Waals surface area contributed by atoms with E-state index in [1.165, 1.54) is 0 Å². The van der Waals surface area contributed by atoms with Crippen LogP contribution < -0.4 is 10.6 Å². The molecule has 104 valence electrons. The van der Waals surface area contributed by atoms with Crippen LogP contribution in [0.5, 0.6) is 0 Å². The smallest absolute Gasteiger partial charge is 0.101 e. The van der Waals surface area contributed by atoms with Gasteiger partial charge in [0.05, 0.1) is 16.9 Å². The fraction of sp³-hybridized carbons (Fsp3) is 0.562. The Morgan fingerprint density at radius 3 is 2.37 bits per heavy atom. The van der Waals surface area contributed by atoms with E-state index in [-0.39, 0.29) is 0 Å². The normalized spacial score (nSPS) is 10.8. The molecule has 0 fully saturated rings. The molecule has 0 unspecified atom stereocenters. The van der Waals surface area contributed by atoms with Crippen molar-refractivity contribution in [3.63, 3.8) is 0 Å². The maximum absolute atomic E-state index is 9.11. The Labute approximate surface area is 117 Å². The van der Waals surface area contributed by atoms with E-state index in [0.29, 0.717) is 23.2 Å². The number of nitrogens with two attached hydrogens (primary N) is 1. The molecule has 0 radical (unpaired) electrons. The number of rotatable bonds is 6. The van der Waals surface area contributed by atoms with Crippen LogP contribution in [0.4, 0.5) is 11.4 Å². The largest absolute Gasteiger partial charge is 0.396 e. The lowest BCUT2D eigenvalue weighted by Crippen LogP contribution is -2.37. The van der Waals surface area contributed by atoms with Crippen molar-refractivity contribution in [3.05, 3.63) is 23.8 Å². The number of hydrogen-bond donors (Lipinski definition) is 1. The van der Waals surface area contributed by atoms with E-state index >= 15 is 0 Å². The summed E-state index contributed by atoms with van der Waals surface area (Å²) in [5, 5.41) is 9.11. The van der Waals surface area contributed by atoms with E-state index < -0.39 is 0 Å². The van der Waals surface area contributed by atoms with Gasteiger partial charge < -0.3 is 10.6 Å². The molecule has 0 atom stereocenters. The first-order valence-corrected chi connectivity index (χ1v) is 7.10. The molecule has 0 bridgehead atoms. The van der Waals surface area contributed by atoms with Gasteiger partial charge in [-0.1, -0.05) is 33.8 Å². The third-order valence-corrected chi connectivity index (χ3v) is 3.46. The SMILES string of the molecule is CCC(CC)N(CC(C)C)c1cccc(C#N)c1N. The topological polar surface area (TPSA) is 53.0 Å². The summed E-state index contributed by atoms with van der Waals surface area (Å²) in [6, 6.07) is 8.36. The number of nitrogens with zero attached hydrogens (tertiary/aromatic N) is 2. The molecule has 0 spiro atoms. The van der Waals surface area contributed by atoms with Crippen LogP contribution in [0.15, 0.2) is 18.2 Å². The lowest BCUT2D eigenvalue weighted by Gasteiger charge is -2.35. The van der Waals surface area contributed by atoms with Crippen molar-refractivity contribution in [3.8, 4) is 6.07 Å². The van der Waals surface area contributed by atoms with Gasteiger partial charge in [0.1, 0.15) is 6.07 Å². The van der Waals surface area contributed by atoms with Crippen LogP contribution in [0.3, 0.4) is 0 Å². The van der Waals surface area contributed by atoms with Gasteiger partial charge in [-0.2, -0.15) is 5.26 Å². The third kappa shape index (κ3) is 3.64. The Kier molecular flexibility index (Phi) is 5.69. The molecule has 1 aromatic carbocycles. The lowest BCUT2D eigenvalue weighted by atomic mass is 10.0. The molecular formula is C16H25N3. The first-order chi connectivity index (χ1) is 9.04. The molecule has 3 nitrogen and oxygen atoms in total. The monoisotopic (exact) mass is 259 g/mol. The second-order valence-corrected chi connectivity index (χ2v) is 5.37. The summed E-state index contributed by atoms with van der Waals surface area (Å²) in [5.41, 5.74) is 8.33. The molecule has 3 heteroatoms. The number of nitrogen functional groups attached to an aromatic ring is 1. The second kappa shape index (κ2) is 7.04. The fourth-order valence-electron chi connectivity index (χ4n) is 2.47. The van der Waals surface area contributed by atoms with Crippen molar-refractivity contribution in [2.75, 3.05) is 17.2 Å². The molecule has 1 aromatic rings. The van der Waals surface area contributed by atoms with Gasteiger partial charge in [-0.25, -0.2) is 0 Å². The molecule has 0 aliphatic heterocycles. The highest BCUT2D eigenvalue weighted by atomic mass is 15.2. The molecule has 0 aliphatic carbocycles. The minimum absolute atomic E-state index is 0.471. The summed E-state index contributed by atoms with van der Waals surface area (Å²) in [6.07, 6.45) is 2.17. The van der Waals surface area contributed by atoms with Gasteiger partial charge in [-0.15, -0.1) is 0 Å². The summed E-state index contributed by atoms with van der Waals surface area (Å²) < 4.78 is 0. The van der Waals surface area contributed by atoms with Gasteiger partial charge >= 0.3 is 0 Å². The highest BCUT2D eigenvalue weighted by Crippen LogP contribution is 2.30. The Bertz CT molecular complexity index is 442. The van der Waals surface area contributed by atoms with Crippen LogP contribution in [-0.4, -0.2) is 12.6 Å². The summed E-state index contributed by atoms with van der Waals surface area (Å²) >= 11 is 0. The van der Waals surface area contributed by atoms with Crippen molar-refractivity contribution >= 4 is 11.4 Å². The Morgan fingerprint density at radius 1 is 1.26 bits per heavy atom. The van der Waals surface area contributed by atoms with Gasteiger partial charge in [0.2, 0.25) is 0 Å². The molecular weight excluding hydrogens is 234 g/mol. The fourth-order valence-corrected chi connectivity index (χ4v) is 2.47. The van der Waals surface area contributed by atoms with E-state index in [1.807, 2.05) is 12.1 Å². The van der Waals surface area contributed by atoms with E-state index in [4.69, 9.17) is 11.0 Å². The Hall–Kier alpha value is -1.69. The number of hydrogen-bond acceptors (Lipinski definition) is 3. The van der Waals surface area contributed by atoms with Crippen molar-refractivity contribution < 1.29 is 0 Å². The highest BCUT2D eigenvalue weighted by Gasteiger charge is 2.19. The van der Waals surface area contributed by atoms with Crippen LogP contribution >= 0.6 is 0 Å². The van der Waals surface area contributed by atoms with E-state index in [9.17, 15) is 0 Å².